The Balaban J connectivity index is 1.55. The Kier molecular flexibility index (Phi) is 8.37. The summed E-state index contributed by atoms with van der Waals surface area (Å²) in [6.45, 7) is 13.3. The van der Waals surface area contributed by atoms with E-state index in [1.807, 2.05) is 24.3 Å². The summed E-state index contributed by atoms with van der Waals surface area (Å²) < 4.78 is 19.0. The third-order valence-corrected chi connectivity index (χ3v) is 5.36. The van der Waals surface area contributed by atoms with Crippen LogP contribution >= 0.6 is 0 Å². The first-order valence-electron chi connectivity index (χ1n) is 11.0. The van der Waals surface area contributed by atoms with Crippen LogP contribution in [0.15, 0.2) is 70.7 Å². The average Bonchev–Trinajstić information content (AvgIpc) is 2.82. The molecule has 0 spiro atoms. The van der Waals surface area contributed by atoms with E-state index in [0.29, 0.717) is 11.7 Å². The van der Waals surface area contributed by atoms with E-state index in [2.05, 4.69) is 51.1 Å². The van der Waals surface area contributed by atoms with Crippen molar-refractivity contribution >= 4 is 29.0 Å². The summed E-state index contributed by atoms with van der Waals surface area (Å²) in [5.41, 5.74) is 4.53. The highest BCUT2D eigenvalue weighted by Crippen LogP contribution is 2.20. The Bertz CT molecular complexity index is 969. The van der Waals surface area contributed by atoms with Crippen LogP contribution in [0.1, 0.15) is 20.8 Å². The van der Waals surface area contributed by atoms with E-state index in [9.17, 15) is 9.18 Å². The number of amides is 1. The molecule has 9 heteroatoms. The Morgan fingerprint density at radius 3 is 2.52 bits per heavy atom. The zero-order valence-corrected chi connectivity index (χ0v) is 19.3. The van der Waals surface area contributed by atoms with Gasteiger partial charge in [-0.25, -0.2) is 9.38 Å². The number of ether oxygens (including phenoxy) is 1. The molecule has 1 aromatic rings. The number of aliphatic imine (C=N–C) groups is 1. The van der Waals surface area contributed by atoms with E-state index >= 15 is 0 Å². The van der Waals surface area contributed by atoms with Crippen molar-refractivity contribution in [2.45, 2.75) is 26.8 Å². The van der Waals surface area contributed by atoms with Gasteiger partial charge in [-0.1, -0.05) is 18.7 Å². The van der Waals surface area contributed by atoms with Crippen LogP contribution in [-0.2, 0) is 9.53 Å². The van der Waals surface area contributed by atoms with E-state index in [-0.39, 0.29) is 24.0 Å². The minimum absolute atomic E-state index is 0.0355. The smallest absolute Gasteiger partial charge is 0.312 e. The molecule has 1 fully saturated rings. The van der Waals surface area contributed by atoms with Gasteiger partial charge in [0.05, 0.1) is 5.70 Å². The predicted molar refractivity (Wildman–Crippen MR) is 131 cm³/mol. The van der Waals surface area contributed by atoms with Crippen molar-refractivity contribution < 1.29 is 13.9 Å². The molecule has 0 bridgehead atoms. The highest BCUT2D eigenvalue weighted by atomic mass is 19.1. The summed E-state index contributed by atoms with van der Waals surface area (Å²) in [6, 6.07) is 8.28. The summed E-state index contributed by atoms with van der Waals surface area (Å²) in [5.74, 6) is -0.773. The number of hydrogen-bond donors (Lipinski definition) is 2. The van der Waals surface area contributed by atoms with Gasteiger partial charge in [0.2, 0.25) is 0 Å². The van der Waals surface area contributed by atoms with Crippen molar-refractivity contribution in [1.29, 1.82) is 0 Å². The maximum atomic E-state index is 13.6. The van der Waals surface area contributed by atoms with Crippen LogP contribution in [0.3, 0.4) is 0 Å². The second-order valence-electron chi connectivity index (χ2n) is 8.01. The zero-order valence-electron chi connectivity index (χ0n) is 19.3. The third kappa shape index (κ3) is 6.76. The monoisotopic (exact) mass is 454 g/mol. The molecule has 0 aromatic heterocycles. The molecule has 0 radical (unpaired) electrons. The van der Waals surface area contributed by atoms with Crippen molar-refractivity contribution in [3.05, 3.63) is 60.6 Å². The summed E-state index contributed by atoms with van der Waals surface area (Å²) in [5, 5.41) is 6.68. The molecule has 0 saturated carbocycles. The van der Waals surface area contributed by atoms with Gasteiger partial charge in [0.25, 0.3) is 5.90 Å². The number of carbonyl (C=O) groups is 1. The normalized spacial score (nSPS) is 19.1. The summed E-state index contributed by atoms with van der Waals surface area (Å²) in [6.07, 6.45) is 4.58. The van der Waals surface area contributed by atoms with Crippen LogP contribution in [0.5, 0.6) is 0 Å². The van der Waals surface area contributed by atoms with Crippen LogP contribution in [0.4, 0.5) is 15.8 Å². The number of benzene rings is 1. The van der Waals surface area contributed by atoms with Crippen LogP contribution in [0.2, 0.25) is 0 Å². The lowest BCUT2D eigenvalue weighted by atomic mass is 10.2. The fraction of sp³-hybridized carbons (Fsp3) is 0.375. The molecule has 176 valence electrons. The standard InChI is InChI=1S/C24H31FN6O2/c1-5-6-7-21(18(4)25)27-22-16-33-24(29-28-22)23(32)26-19-8-10-20(11-9-19)31-14-12-30(13-15-31)17(2)3/h5-11,17H,1,12-16H2,2-4H3,(H,26,32)(H,27,28)/b7-6-,21-18-. The number of halogens is 1. The summed E-state index contributed by atoms with van der Waals surface area (Å²) in [7, 11) is 0. The Hall–Kier alpha value is -3.46. The van der Waals surface area contributed by atoms with Crippen LogP contribution in [-0.4, -0.2) is 61.4 Å². The second-order valence-corrected chi connectivity index (χ2v) is 8.01. The first-order chi connectivity index (χ1) is 15.9. The first-order valence-corrected chi connectivity index (χ1v) is 11.0. The fourth-order valence-corrected chi connectivity index (χ4v) is 3.46. The number of carbonyl (C=O) groups excluding carboxylic acids is 1. The Morgan fingerprint density at radius 1 is 1.27 bits per heavy atom. The SMILES string of the molecule is C=C/C=C\C(N=C1COC(C(=O)Nc2ccc(N3CCN(C(C)C)CC3)cc2)=NN1)=C(/C)F. The molecule has 0 atom stereocenters. The third-order valence-electron chi connectivity index (χ3n) is 5.36. The molecular weight excluding hydrogens is 423 g/mol. The quantitative estimate of drug-likeness (QED) is 0.617. The van der Waals surface area contributed by atoms with Crippen LogP contribution in [0, 0.1) is 0 Å². The highest BCUT2D eigenvalue weighted by Gasteiger charge is 2.21. The van der Waals surface area contributed by atoms with E-state index in [1.165, 1.54) is 19.1 Å². The lowest BCUT2D eigenvalue weighted by Crippen LogP contribution is -2.48. The molecule has 1 aromatic carbocycles. The number of piperazine rings is 1. The first kappa shape index (κ1) is 24.2. The van der Waals surface area contributed by atoms with Crippen molar-refractivity contribution in [2.75, 3.05) is 43.0 Å². The van der Waals surface area contributed by atoms with Gasteiger partial charge in [0.1, 0.15) is 12.4 Å². The van der Waals surface area contributed by atoms with Gasteiger partial charge in [0.15, 0.2) is 5.84 Å². The number of hydrazone groups is 1. The van der Waals surface area contributed by atoms with Crippen LogP contribution in [0.25, 0.3) is 0 Å². The lowest BCUT2D eigenvalue weighted by Gasteiger charge is -2.38. The minimum atomic E-state index is -0.483. The average molecular weight is 455 g/mol. The Morgan fingerprint density at radius 2 is 1.97 bits per heavy atom. The maximum Gasteiger partial charge on any atom is 0.312 e. The van der Waals surface area contributed by atoms with Gasteiger partial charge >= 0.3 is 5.91 Å². The van der Waals surface area contributed by atoms with Crippen molar-refractivity contribution in [3.63, 3.8) is 0 Å². The molecule has 2 heterocycles. The van der Waals surface area contributed by atoms with E-state index in [4.69, 9.17) is 4.74 Å². The molecule has 2 aliphatic heterocycles. The molecule has 2 aliphatic rings. The summed E-state index contributed by atoms with van der Waals surface area (Å²) in [4.78, 5) is 21.4. The molecule has 3 rings (SSSR count). The number of rotatable bonds is 7. The van der Waals surface area contributed by atoms with Gasteiger partial charge in [-0.3, -0.25) is 15.1 Å². The Labute approximate surface area is 194 Å². The molecule has 8 nitrogen and oxygen atoms in total. The predicted octanol–water partition coefficient (Wildman–Crippen LogP) is 3.43. The fourth-order valence-electron chi connectivity index (χ4n) is 3.46. The number of hydrogen-bond acceptors (Lipinski definition) is 6. The number of allylic oxidation sites excluding steroid dienone is 4. The topological polar surface area (TPSA) is 81.6 Å². The minimum Gasteiger partial charge on any atom is -0.465 e. The van der Waals surface area contributed by atoms with Crippen LogP contribution < -0.4 is 15.6 Å². The molecule has 33 heavy (non-hydrogen) atoms. The van der Waals surface area contributed by atoms with E-state index < -0.39 is 11.7 Å². The molecule has 0 aliphatic carbocycles. The second kappa shape index (κ2) is 11.4. The number of amidine groups is 1. The highest BCUT2D eigenvalue weighted by molar-refractivity contribution is 6.40. The molecule has 1 saturated heterocycles. The van der Waals surface area contributed by atoms with Gasteiger partial charge in [0, 0.05) is 43.6 Å². The zero-order chi connectivity index (χ0) is 23.8. The van der Waals surface area contributed by atoms with E-state index in [1.54, 1.807) is 6.08 Å². The number of nitrogens with zero attached hydrogens (tertiary/aromatic N) is 4. The summed E-state index contributed by atoms with van der Waals surface area (Å²) >= 11 is 0. The van der Waals surface area contributed by atoms with Crippen molar-refractivity contribution in [2.24, 2.45) is 10.1 Å². The van der Waals surface area contributed by atoms with Crippen molar-refractivity contribution in [3.8, 4) is 0 Å². The van der Waals surface area contributed by atoms with Gasteiger partial charge in [-0.2, -0.15) is 0 Å². The lowest BCUT2D eigenvalue weighted by molar-refractivity contribution is -0.111. The number of anilines is 2. The molecular formula is C24H31FN6O2. The van der Waals surface area contributed by atoms with Gasteiger partial charge in [-0.15, -0.1) is 5.10 Å². The van der Waals surface area contributed by atoms with E-state index in [0.717, 1.165) is 31.9 Å². The largest absolute Gasteiger partial charge is 0.465 e. The van der Waals surface area contributed by atoms with Gasteiger partial charge < -0.3 is 15.0 Å². The molecule has 1 amide bonds. The maximum absolute atomic E-state index is 13.6. The molecule has 2 N–H and O–H groups in total. The number of nitrogens with one attached hydrogen (secondary N) is 2. The molecule has 0 unspecified atom stereocenters. The van der Waals surface area contributed by atoms with Gasteiger partial charge in [-0.05, 0) is 51.1 Å². The van der Waals surface area contributed by atoms with Crippen molar-refractivity contribution in [1.82, 2.24) is 10.3 Å².